The number of rotatable bonds is 8. The van der Waals surface area contributed by atoms with Crippen LogP contribution in [0.25, 0.3) is 0 Å². The van der Waals surface area contributed by atoms with E-state index in [4.69, 9.17) is 9.47 Å². The maximum absolute atomic E-state index is 11.8. The number of carbonyl (C=O) groups is 1. The smallest absolute Gasteiger partial charge is 0.277 e. The summed E-state index contributed by atoms with van der Waals surface area (Å²) in [7, 11) is 0. The molecule has 3 rings (SSSR count). The third-order valence-electron chi connectivity index (χ3n) is 3.89. The van der Waals surface area contributed by atoms with Crippen molar-refractivity contribution in [1.29, 1.82) is 0 Å². The van der Waals surface area contributed by atoms with Crippen molar-refractivity contribution in [2.45, 2.75) is 13.5 Å². The Morgan fingerprint density at radius 3 is 2.46 bits per heavy atom. The SMILES string of the molecule is Cc1cccc(OCC(=O)N/N=C\c2ccc(OCc3ccccc3)cc2)c1. The third-order valence-corrected chi connectivity index (χ3v) is 3.89. The number of amides is 1. The second kappa shape index (κ2) is 9.92. The fourth-order valence-corrected chi connectivity index (χ4v) is 2.46. The van der Waals surface area contributed by atoms with E-state index in [1.165, 1.54) is 0 Å². The largest absolute Gasteiger partial charge is 0.489 e. The molecule has 0 unspecified atom stereocenters. The highest BCUT2D eigenvalue weighted by atomic mass is 16.5. The van der Waals surface area contributed by atoms with Crippen molar-refractivity contribution in [1.82, 2.24) is 5.43 Å². The summed E-state index contributed by atoms with van der Waals surface area (Å²) in [6.07, 6.45) is 1.57. The number of hydrogen-bond donors (Lipinski definition) is 1. The first-order valence-electron chi connectivity index (χ1n) is 8.97. The van der Waals surface area contributed by atoms with E-state index in [-0.39, 0.29) is 12.5 Å². The highest BCUT2D eigenvalue weighted by Gasteiger charge is 2.01. The van der Waals surface area contributed by atoms with Crippen LogP contribution in [0.5, 0.6) is 11.5 Å². The van der Waals surface area contributed by atoms with E-state index in [1.807, 2.05) is 85.8 Å². The molecule has 0 aliphatic heterocycles. The molecule has 0 saturated heterocycles. The van der Waals surface area contributed by atoms with Crippen LogP contribution in [-0.4, -0.2) is 18.7 Å². The fraction of sp³-hybridized carbons (Fsp3) is 0.130. The van der Waals surface area contributed by atoms with Crippen LogP contribution in [0.15, 0.2) is 84.0 Å². The first-order valence-corrected chi connectivity index (χ1v) is 8.97. The molecule has 0 aliphatic carbocycles. The molecule has 0 spiro atoms. The van der Waals surface area contributed by atoms with Gasteiger partial charge in [0.05, 0.1) is 6.21 Å². The van der Waals surface area contributed by atoms with Crippen LogP contribution in [0.3, 0.4) is 0 Å². The molecule has 0 saturated carbocycles. The number of aryl methyl sites for hydroxylation is 1. The van der Waals surface area contributed by atoms with E-state index in [9.17, 15) is 4.79 Å². The van der Waals surface area contributed by atoms with Crippen molar-refractivity contribution in [2.24, 2.45) is 5.10 Å². The molecular formula is C23H22N2O3. The molecule has 0 atom stereocenters. The predicted octanol–water partition coefficient (Wildman–Crippen LogP) is 4.10. The summed E-state index contributed by atoms with van der Waals surface area (Å²) in [5, 5.41) is 3.95. The second-order valence-corrected chi connectivity index (χ2v) is 6.24. The van der Waals surface area contributed by atoms with Crippen LogP contribution in [0, 0.1) is 6.92 Å². The molecule has 1 amide bonds. The average Bonchev–Trinajstić information content (AvgIpc) is 2.72. The molecule has 3 aromatic carbocycles. The van der Waals surface area contributed by atoms with Gasteiger partial charge >= 0.3 is 0 Å². The molecular weight excluding hydrogens is 352 g/mol. The molecule has 0 heterocycles. The van der Waals surface area contributed by atoms with Gasteiger partial charge in [-0.1, -0.05) is 42.5 Å². The summed E-state index contributed by atoms with van der Waals surface area (Å²) >= 11 is 0. The minimum atomic E-state index is -0.319. The lowest BCUT2D eigenvalue weighted by Gasteiger charge is -2.06. The molecule has 0 aromatic heterocycles. The molecule has 28 heavy (non-hydrogen) atoms. The maximum atomic E-state index is 11.8. The topological polar surface area (TPSA) is 59.9 Å². The highest BCUT2D eigenvalue weighted by Crippen LogP contribution is 2.14. The van der Waals surface area contributed by atoms with Gasteiger partial charge in [0.1, 0.15) is 18.1 Å². The van der Waals surface area contributed by atoms with Crippen molar-refractivity contribution < 1.29 is 14.3 Å². The highest BCUT2D eigenvalue weighted by molar-refractivity contribution is 5.83. The van der Waals surface area contributed by atoms with Crippen LogP contribution in [0.1, 0.15) is 16.7 Å². The first-order chi connectivity index (χ1) is 13.7. The summed E-state index contributed by atoms with van der Waals surface area (Å²) in [6.45, 7) is 2.40. The van der Waals surface area contributed by atoms with Gasteiger partial charge in [-0.25, -0.2) is 5.43 Å². The Bertz CT molecular complexity index is 922. The van der Waals surface area contributed by atoms with Crippen LogP contribution >= 0.6 is 0 Å². The molecule has 3 aromatic rings. The van der Waals surface area contributed by atoms with E-state index in [2.05, 4.69) is 10.5 Å². The third kappa shape index (κ3) is 6.29. The van der Waals surface area contributed by atoms with E-state index in [0.29, 0.717) is 12.4 Å². The van der Waals surface area contributed by atoms with Gasteiger partial charge in [-0.05, 0) is 60.0 Å². The molecule has 5 nitrogen and oxygen atoms in total. The predicted molar refractivity (Wildman–Crippen MR) is 110 cm³/mol. The van der Waals surface area contributed by atoms with Gasteiger partial charge in [-0.2, -0.15) is 5.10 Å². The van der Waals surface area contributed by atoms with E-state index in [1.54, 1.807) is 6.21 Å². The molecule has 5 heteroatoms. The van der Waals surface area contributed by atoms with Gasteiger partial charge in [0, 0.05) is 0 Å². The van der Waals surface area contributed by atoms with Gasteiger partial charge in [0.25, 0.3) is 5.91 Å². The van der Waals surface area contributed by atoms with E-state index < -0.39 is 0 Å². The number of nitrogens with one attached hydrogen (secondary N) is 1. The Balaban J connectivity index is 1.42. The van der Waals surface area contributed by atoms with Gasteiger partial charge < -0.3 is 9.47 Å². The standard InChI is InChI=1S/C23H22N2O3/c1-18-6-5-9-22(14-18)28-17-23(26)25-24-15-19-10-12-21(13-11-19)27-16-20-7-3-2-4-8-20/h2-15H,16-17H2,1H3,(H,25,26)/b24-15-. The summed E-state index contributed by atoms with van der Waals surface area (Å²) in [5.41, 5.74) is 5.50. The van der Waals surface area contributed by atoms with E-state index in [0.717, 1.165) is 22.4 Å². The molecule has 1 N–H and O–H groups in total. The van der Waals surface area contributed by atoms with Crippen LogP contribution in [0.2, 0.25) is 0 Å². The first kappa shape index (κ1) is 19.2. The van der Waals surface area contributed by atoms with Crippen molar-refractivity contribution in [3.8, 4) is 11.5 Å². The minimum Gasteiger partial charge on any atom is -0.489 e. The van der Waals surface area contributed by atoms with Crippen LogP contribution in [-0.2, 0) is 11.4 Å². The normalized spacial score (nSPS) is 10.6. The summed E-state index contributed by atoms with van der Waals surface area (Å²) < 4.78 is 11.2. The lowest BCUT2D eigenvalue weighted by Crippen LogP contribution is -2.24. The zero-order valence-corrected chi connectivity index (χ0v) is 15.7. The van der Waals surface area contributed by atoms with Crippen LogP contribution in [0.4, 0.5) is 0 Å². The lowest BCUT2D eigenvalue weighted by atomic mass is 10.2. The van der Waals surface area contributed by atoms with Crippen molar-refractivity contribution >= 4 is 12.1 Å². The zero-order chi connectivity index (χ0) is 19.6. The van der Waals surface area contributed by atoms with Crippen molar-refractivity contribution in [3.63, 3.8) is 0 Å². The fourth-order valence-electron chi connectivity index (χ4n) is 2.46. The second-order valence-electron chi connectivity index (χ2n) is 6.24. The lowest BCUT2D eigenvalue weighted by molar-refractivity contribution is -0.123. The van der Waals surface area contributed by atoms with Gasteiger partial charge in [-0.3, -0.25) is 4.79 Å². The Hall–Kier alpha value is -3.60. The van der Waals surface area contributed by atoms with Crippen molar-refractivity contribution in [2.75, 3.05) is 6.61 Å². The molecule has 0 aliphatic rings. The van der Waals surface area contributed by atoms with Gasteiger partial charge in [0.15, 0.2) is 6.61 Å². The number of nitrogens with zero attached hydrogens (tertiary/aromatic N) is 1. The molecule has 0 radical (unpaired) electrons. The van der Waals surface area contributed by atoms with Crippen molar-refractivity contribution in [3.05, 3.63) is 95.6 Å². The number of ether oxygens (including phenoxy) is 2. The van der Waals surface area contributed by atoms with E-state index >= 15 is 0 Å². The Morgan fingerprint density at radius 1 is 0.929 bits per heavy atom. The monoisotopic (exact) mass is 374 g/mol. The average molecular weight is 374 g/mol. The Kier molecular flexibility index (Phi) is 6.79. The summed E-state index contributed by atoms with van der Waals surface area (Å²) in [6, 6.07) is 25.0. The summed E-state index contributed by atoms with van der Waals surface area (Å²) in [5.74, 6) is 1.11. The molecule has 142 valence electrons. The molecule has 0 bridgehead atoms. The quantitative estimate of drug-likeness (QED) is 0.477. The number of carbonyl (C=O) groups excluding carboxylic acids is 1. The number of hydrazone groups is 1. The minimum absolute atomic E-state index is 0.0902. The Labute approximate surface area is 164 Å². The van der Waals surface area contributed by atoms with Gasteiger partial charge in [0.2, 0.25) is 0 Å². The van der Waals surface area contributed by atoms with Gasteiger partial charge in [-0.15, -0.1) is 0 Å². The number of hydrogen-bond acceptors (Lipinski definition) is 4. The zero-order valence-electron chi connectivity index (χ0n) is 15.7. The summed E-state index contributed by atoms with van der Waals surface area (Å²) in [4.78, 5) is 11.8. The Morgan fingerprint density at radius 2 is 1.71 bits per heavy atom. The molecule has 0 fully saturated rings. The number of benzene rings is 3. The maximum Gasteiger partial charge on any atom is 0.277 e. The van der Waals surface area contributed by atoms with Crippen LogP contribution < -0.4 is 14.9 Å².